The summed E-state index contributed by atoms with van der Waals surface area (Å²) in [6.07, 6.45) is 2.95. The number of nitrogens with zero attached hydrogens (tertiary/aromatic N) is 2. The Labute approximate surface area is 97.7 Å². The van der Waals surface area contributed by atoms with Crippen LogP contribution in [-0.2, 0) is 6.61 Å². The Hall–Kier alpha value is -2.01. The number of hydrogen-bond acceptors (Lipinski definition) is 4. The lowest BCUT2D eigenvalue weighted by Gasteiger charge is -2.06. The fraction of sp³-hybridized carbons (Fsp3) is 0.167. The predicted octanol–water partition coefficient (Wildman–Crippen LogP) is 2.21. The molecule has 17 heavy (non-hydrogen) atoms. The molecule has 0 aliphatic rings. The van der Waals surface area contributed by atoms with E-state index in [1.807, 2.05) is 0 Å². The van der Waals surface area contributed by atoms with Crippen LogP contribution in [0.5, 0.6) is 11.8 Å². The van der Waals surface area contributed by atoms with Gasteiger partial charge in [0.25, 0.3) is 0 Å². The van der Waals surface area contributed by atoms with Crippen molar-refractivity contribution in [3.8, 4) is 11.8 Å². The second-order valence-electron chi connectivity index (χ2n) is 3.54. The number of aromatic nitrogens is 2. The quantitative estimate of drug-likeness (QED) is 0.884. The molecule has 5 heteroatoms. The molecule has 0 spiro atoms. The Kier molecular flexibility index (Phi) is 3.30. The van der Waals surface area contributed by atoms with E-state index in [0.717, 1.165) is 0 Å². The molecule has 2 aromatic rings. The molecule has 2 rings (SSSR count). The van der Waals surface area contributed by atoms with Crippen LogP contribution in [0, 0.1) is 12.7 Å². The van der Waals surface area contributed by atoms with Crippen molar-refractivity contribution in [2.24, 2.45) is 0 Å². The van der Waals surface area contributed by atoms with Crippen molar-refractivity contribution in [3.05, 3.63) is 47.5 Å². The van der Waals surface area contributed by atoms with E-state index in [-0.39, 0.29) is 18.4 Å². The summed E-state index contributed by atoms with van der Waals surface area (Å²) in [5.41, 5.74) is 1.27. The molecule has 0 bridgehead atoms. The summed E-state index contributed by atoms with van der Waals surface area (Å²) >= 11 is 0. The van der Waals surface area contributed by atoms with Gasteiger partial charge >= 0.3 is 6.01 Å². The van der Waals surface area contributed by atoms with Crippen LogP contribution < -0.4 is 4.74 Å². The minimum atomic E-state index is -0.314. The molecule has 0 fully saturated rings. The zero-order valence-electron chi connectivity index (χ0n) is 9.22. The van der Waals surface area contributed by atoms with Crippen LogP contribution in [0.2, 0.25) is 0 Å². The third-order valence-corrected chi connectivity index (χ3v) is 2.20. The molecule has 1 N–H and O–H groups in total. The summed E-state index contributed by atoms with van der Waals surface area (Å²) in [5, 5.41) is 8.83. The van der Waals surface area contributed by atoms with Crippen LogP contribution in [0.1, 0.15) is 11.1 Å². The van der Waals surface area contributed by atoms with Gasteiger partial charge in [-0.25, -0.2) is 14.4 Å². The van der Waals surface area contributed by atoms with Crippen LogP contribution in [0.25, 0.3) is 0 Å². The van der Waals surface area contributed by atoms with E-state index in [9.17, 15) is 4.39 Å². The maximum absolute atomic E-state index is 12.9. The largest absolute Gasteiger partial charge is 0.424 e. The van der Waals surface area contributed by atoms with Crippen LogP contribution in [0.4, 0.5) is 4.39 Å². The molecule has 1 heterocycles. The summed E-state index contributed by atoms with van der Waals surface area (Å²) in [5.74, 6) is 0.189. The molecule has 0 amide bonds. The maximum Gasteiger partial charge on any atom is 0.321 e. The highest BCUT2D eigenvalue weighted by molar-refractivity contribution is 5.34. The first kappa shape index (κ1) is 11.5. The minimum Gasteiger partial charge on any atom is -0.424 e. The lowest BCUT2D eigenvalue weighted by atomic mass is 10.2. The Bertz CT molecular complexity index is 514. The summed E-state index contributed by atoms with van der Waals surface area (Å²) in [6, 6.07) is 4.37. The highest BCUT2D eigenvalue weighted by atomic mass is 19.1. The minimum absolute atomic E-state index is 0.115. The first-order valence-electron chi connectivity index (χ1n) is 5.05. The lowest BCUT2D eigenvalue weighted by Crippen LogP contribution is -1.95. The topological polar surface area (TPSA) is 55.2 Å². The fourth-order valence-corrected chi connectivity index (χ4v) is 1.30. The smallest absolute Gasteiger partial charge is 0.321 e. The van der Waals surface area contributed by atoms with Gasteiger partial charge in [-0.2, -0.15) is 0 Å². The second-order valence-corrected chi connectivity index (χ2v) is 3.54. The molecule has 88 valence electrons. The van der Waals surface area contributed by atoms with Gasteiger partial charge in [0.15, 0.2) is 0 Å². The summed E-state index contributed by atoms with van der Waals surface area (Å²) in [4.78, 5) is 7.84. The first-order chi connectivity index (χ1) is 8.19. The Morgan fingerprint density at radius 3 is 2.59 bits per heavy atom. The van der Waals surface area contributed by atoms with Gasteiger partial charge in [-0.1, -0.05) is 0 Å². The summed E-state index contributed by atoms with van der Waals surface area (Å²) in [7, 11) is 0. The molecule has 0 aliphatic heterocycles. The number of hydrogen-bond donors (Lipinski definition) is 1. The van der Waals surface area contributed by atoms with Gasteiger partial charge in [-0.05, 0) is 30.7 Å². The number of benzene rings is 1. The van der Waals surface area contributed by atoms with Crippen molar-refractivity contribution in [3.63, 3.8) is 0 Å². The van der Waals surface area contributed by atoms with E-state index in [1.165, 1.54) is 30.6 Å². The van der Waals surface area contributed by atoms with Gasteiger partial charge in [0.05, 0.1) is 6.61 Å². The highest BCUT2D eigenvalue weighted by Crippen LogP contribution is 2.22. The molecule has 0 radical (unpaired) electrons. The SMILES string of the molecule is Cc1cc(F)ccc1Oc1ncc(CO)cn1. The third-order valence-electron chi connectivity index (χ3n) is 2.20. The van der Waals surface area contributed by atoms with E-state index in [0.29, 0.717) is 16.9 Å². The maximum atomic E-state index is 12.9. The zero-order chi connectivity index (χ0) is 12.3. The van der Waals surface area contributed by atoms with Gasteiger partial charge < -0.3 is 9.84 Å². The molecule has 0 unspecified atom stereocenters. The highest BCUT2D eigenvalue weighted by Gasteiger charge is 2.04. The van der Waals surface area contributed by atoms with E-state index < -0.39 is 0 Å². The lowest BCUT2D eigenvalue weighted by molar-refractivity contribution is 0.280. The Morgan fingerprint density at radius 2 is 2.00 bits per heavy atom. The average Bonchev–Trinajstić information content (AvgIpc) is 2.34. The van der Waals surface area contributed by atoms with Gasteiger partial charge in [-0.3, -0.25) is 0 Å². The van der Waals surface area contributed by atoms with Crippen LogP contribution in [0.15, 0.2) is 30.6 Å². The number of aliphatic hydroxyl groups is 1. The van der Waals surface area contributed by atoms with Crippen molar-refractivity contribution < 1.29 is 14.2 Å². The van der Waals surface area contributed by atoms with Crippen LogP contribution in [0.3, 0.4) is 0 Å². The van der Waals surface area contributed by atoms with Crippen LogP contribution >= 0.6 is 0 Å². The van der Waals surface area contributed by atoms with Crippen molar-refractivity contribution >= 4 is 0 Å². The molecule has 0 saturated carbocycles. The molecule has 0 aliphatic carbocycles. The molecule has 0 saturated heterocycles. The van der Waals surface area contributed by atoms with E-state index in [4.69, 9.17) is 9.84 Å². The predicted molar refractivity (Wildman–Crippen MR) is 59.2 cm³/mol. The third kappa shape index (κ3) is 2.76. The molecule has 4 nitrogen and oxygen atoms in total. The first-order valence-corrected chi connectivity index (χ1v) is 5.05. The Balaban J connectivity index is 2.19. The molecular formula is C12H11FN2O2. The van der Waals surface area contributed by atoms with Crippen molar-refractivity contribution in [2.75, 3.05) is 0 Å². The van der Waals surface area contributed by atoms with E-state index >= 15 is 0 Å². The second kappa shape index (κ2) is 4.88. The van der Waals surface area contributed by atoms with Crippen molar-refractivity contribution in [1.82, 2.24) is 9.97 Å². The molecule has 1 aromatic heterocycles. The van der Waals surface area contributed by atoms with Crippen molar-refractivity contribution in [1.29, 1.82) is 0 Å². The molecular weight excluding hydrogens is 223 g/mol. The van der Waals surface area contributed by atoms with E-state index in [1.54, 1.807) is 6.92 Å². The van der Waals surface area contributed by atoms with Gasteiger partial charge in [0.2, 0.25) is 0 Å². The number of rotatable bonds is 3. The van der Waals surface area contributed by atoms with Gasteiger partial charge in [-0.15, -0.1) is 0 Å². The average molecular weight is 234 g/mol. The number of aryl methyl sites for hydroxylation is 1. The standard InChI is InChI=1S/C12H11FN2O2/c1-8-4-10(13)2-3-11(8)17-12-14-5-9(7-16)6-15-12/h2-6,16H,7H2,1H3. The van der Waals surface area contributed by atoms with Gasteiger partial charge in [0.1, 0.15) is 11.6 Å². The zero-order valence-corrected chi connectivity index (χ0v) is 9.22. The number of halogens is 1. The number of aliphatic hydroxyl groups excluding tert-OH is 1. The molecule has 1 aromatic carbocycles. The van der Waals surface area contributed by atoms with Crippen molar-refractivity contribution in [2.45, 2.75) is 13.5 Å². The number of ether oxygens (including phenoxy) is 1. The Morgan fingerprint density at radius 1 is 1.29 bits per heavy atom. The summed E-state index contributed by atoms with van der Waals surface area (Å²) in [6.45, 7) is 1.62. The van der Waals surface area contributed by atoms with Gasteiger partial charge in [0, 0.05) is 18.0 Å². The monoisotopic (exact) mass is 234 g/mol. The van der Waals surface area contributed by atoms with E-state index in [2.05, 4.69) is 9.97 Å². The van der Waals surface area contributed by atoms with Crippen LogP contribution in [-0.4, -0.2) is 15.1 Å². The molecule has 0 atom stereocenters. The fourth-order valence-electron chi connectivity index (χ4n) is 1.30. The normalized spacial score (nSPS) is 10.3. The summed E-state index contributed by atoms with van der Waals surface area (Å²) < 4.78 is 18.3.